The minimum absolute atomic E-state index is 0.218. The normalized spacial score (nSPS) is 14.6. The maximum atomic E-state index is 13.3. The van der Waals surface area contributed by atoms with Gasteiger partial charge in [0.1, 0.15) is 5.75 Å². The van der Waals surface area contributed by atoms with Crippen molar-refractivity contribution in [2.24, 2.45) is 0 Å². The fraction of sp³-hybridized carbons (Fsp3) is 0.625. The smallest absolute Gasteiger partial charge is 0.467 e. The molecule has 0 heterocycles. The molecule has 21 heteroatoms. The van der Waals surface area contributed by atoms with E-state index in [4.69, 9.17) is 0 Å². The molecule has 0 aromatic heterocycles. The molecule has 216 valence electrons. The second-order valence-corrected chi connectivity index (χ2v) is 6.65. The molecule has 0 bridgehead atoms. The minimum Gasteiger partial charge on any atom is -0.467 e. The molecule has 0 saturated heterocycles. The Balaban J connectivity index is 2.85. The number of rotatable bonds is 13. The summed E-state index contributed by atoms with van der Waals surface area (Å²) in [4.78, 5) is 1.59. The molecule has 0 radical (unpaired) electrons. The Morgan fingerprint density at radius 2 is 1.05 bits per heavy atom. The number of alkyl halides is 15. The standard InChI is InChI=1S/C16H12F15NO5/c1-32(2)8-3-5-9(6-4-8)33-7-34-15(28,29)37-16(30,31)36-14(26,27)13(24,25)35-12(22,23)10(17,18)11(19,20)21/h3-6H,7H2,1-2H3. The molecule has 6 nitrogen and oxygen atoms in total. The molecule has 0 saturated carbocycles. The van der Waals surface area contributed by atoms with E-state index in [1.54, 1.807) is 19.0 Å². The summed E-state index contributed by atoms with van der Waals surface area (Å²) in [6.45, 7) is -1.65. The zero-order valence-electron chi connectivity index (χ0n) is 17.7. The molecular formula is C16H12F15NO5. The summed E-state index contributed by atoms with van der Waals surface area (Å²) in [7, 11) is 3.24. The van der Waals surface area contributed by atoms with E-state index in [1.165, 1.54) is 16.9 Å². The van der Waals surface area contributed by atoms with Gasteiger partial charge in [-0.05, 0) is 24.3 Å². The SMILES string of the molecule is CN(C)c1ccc(OCOC(F)(F)OC(F)(F)OC(F)(F)C(F)(F)OC(F)(F)C(F)(F)C(F)(F)F)cc1. The van der Waals surface area contributed by atoms with Gasteiger partial charge in [-0.25, -0.2) is 14.2 Å². The first-order valence-electron chi connectivity index (χ1n) is 8.73. The Morgan fingerprint density at radius 1 is 0.595 bits per heavy atom. The third-order valence-electron chi connectivity index (χ3n) is 3.61. The Kier molecular flexibility index (Phi) is 9.18. The lowest BCUT2D eigenvalue weighted by atomic mass is 10.3. The van der Waals surface area contributed by atoms with Crippen LogP contribution in [0.2, 0.25) is 0 Å². The van der Waals surface area contributed by atoms with Gasteiger partial charge in [0.15, 0.2) is 6.79 Å². The maximum absolute atomic E-state index is 13.3. The fourth-order valence-corrected chi connectivity index (χ4v) is 1.85. The van der Waals surface area contributed by atoms with E-state index in [2.05, 4.69) is 14.2 Å². The summed E-state index contributed by atoms with van der Waals surface area (Å²) in [5.74, 6) is -7.77. The van der Waals surface area contributed by atoms with E-state index in [1.807, 2.05) is 4.74 Å². The number of hydrogen-bond donors (Lipinski definition) is 0. The third-order valence-corrected chi connectivity index (χ3v) is 3.61. The average Bonchev–Trinajstić information content (AvgIpc) is 2.64. The molecule has 0 amide bonds. The molecule has 0 atom stereocenters. The second-order valence-electron chi connectivity index (χ2n) is 6.65. The Morgan fingerprint density at radius 3 is 1.49 bits per heavy atom. The molecule has 1 aromatic rings. The number of anilines is 1. The van der Waals surface area contributed by atoms with Crippen molar-refractivity contribution in [3.8, 4) is 5.75 Å². The molecule has 0 fully saturated rings. The molecule has 1 rings (SSSR count). The molecular weight excluding hydrogens is 571 g/mol. The maximum Gasteiger partial charge on any atom is 0.497 e. The molecule has 1 aromatic carbocycles. The third kappa shape index (κ3) is 8.30. The number of halogens is 15. The minimum atomic E-state index is -7.55. The van der Waals surface area contributed by atoms with Gasteiger partial charge in [0.05, 0.1) is 0 Å². The van der Waals surface area contributed by atoms with E-state index in [-0.39, 0.29) is 5.75 Å². The van der Waals surface area contributed by atoms with Gasteiger partial charge in [-0.2, -0.15) is 48.3 Å². The predicted molar refractivity (Wildman–Crippen MR) is 86.3 cm³/mol. The van der Waals surface area contributed by atoms with Crippen LogP contribution < -0.4 is 9.64 Å². The van der Waals surface area contributed by atoms with Gasteiger partial charge >= 0.3 is 43.0 Å². The van der Waals surface area contributed by atoms with Crippen LogP contribution in [-0.4, -0.2) is 63.9 Å². The lowest BCUT2D eigenvalue weighted by Gasteiger charge is -2.34. The molecule has 0 unspecified atom stereocenters. The van der Waals surface area contributed by atoms with Gasteiger partial charge in [-0.3, -0.25) is 4.74 Å². The van der Waals surface area contributed by atoms with E-state index < -0.39 is 49.8 Å². The monoisotopic (exact) mass is 583 g/mol. The van der Waals surface area contributed by atoms with Crippen LogP contribution in [0.1, 0.15) is 0 Å². The van der Waals surface area contributed by atoms with Crippen molar-refractivity contribution in [2.75, 3.05) is 25.8 Å². The zero-order valence-corrected chi connectivity index (χ0v) is 17.7. The van der Waals surface area contributed by atoms with Crippen LogP contribution in [0.15, 0.2) is 24.3 Å². The summed E-state index contributed by atoms with van der Waals surface area (Å²) in [5, 5.41) is 0. The molecule has 0 N–H and O–H groups in total. The van der Waals surface area contributed by atoms with Gasteiger partial charge in [0, 0.05) is 19.8 Å². The van der Waals surface area contributed by atoms with Crippen molar-refractivity contribution in [3.63, 3.8) is 0 Å². The van der Waals surface area contributed by atoms with E-state index in [0.717, 1.165) is 12.1 Å². The summed E-state index contributed by atoms with van der Waals surface area (Å²) < 4.78 is 206. The van der Waals surface area contributed by atoms with Crippen LogP contribution in [0.5, 0.6) is 5.75 Å². The van der Waals surface area contributed by atoms with E-state index in [0.29, 0.717) is 5.69 Å². The van der Waals surface area contributed by atoms with E-state index in [9.17, 15) is 65.9 Å². The predicted octanol–water partition coefficient (Wildman–Crippen LogP) is 6.23. The summed E-state index contributed by atoms with van der Waals surface area (Å²) in [5.41, 5.74) is 0.584. The first-order chi connectivity index (χ1) is 16.3. The molecule has 0 aliphatic heterocycles. The van der Waals surface area contributed by atoms with Crippen molar-refractivity contribution < 1.29 is 89.5 Å². The first kappa shape index (κ1) is 32.6. The number of hydrogen-bond acceptors (Lipinski definition) is 6. The Hall–Kier alpha value is -2.39. The largest absolute Gasteiger partial charge is 0.497 e. The van der Waals surface area contributed by atoms with Crippen LogP contribution in [-0.2, 0) is 18.9 Å². The molecule has 0 aliphatic carbocycles. The van der Waals surface area contributed by atoms with Gasteiger partial charge in [0.25, 0.3) is 0 Å². The highest BCUT2D eigenvalue weighted by molar-refractivity contribution is 5.47. The number of nitrogens with zero attached hydrogens (tertiary/aromatic N) is 1. The van der Waals surface area contributed by atoms with Crippen LogP contribution >= 0.6 is 0 Å². The summed E-state index contributed by atoms with van der Waals surface area (Å²) >= 11 is 0. The second kappa shape index (κ2) is 10.4. The van der Waals surface area contributed by atoms with Crippen molar-refractivity contribution in [1.82, 2.24) is 0 Å². The highest BCUT2D eigenvalue weighted by Crippen LogP contribution is 2.52. The highest BCUT2D eigenvalue weighted by Gasteiger charge is 2.79. The Bertz CT molecular complexity index is 890. The summed E-state index contributed by atoms with van der Waals surface area (Å²) in [6, 6.07) is 5.08. The fourth-order valence-electron chi connectivity index (χ4n) is 1.85. The molecule has 0 spiro atoms. The van der Waals surface area contributed by atoms with Crippen molar-refractivity contribution in [3.05, 3.63) is 24.3 Å². The van der Waals surface area contributed by atoms with Gasteiger partial charge in [-0.15, -0.1) is 17.6 Å². The summed E-state index contributed by atoms with van der Waals surface area (Å²) in [6.07, 6.45) is -41.8. The van der Waals surface area contributed by atoms with Crippen LogP contribution in [0.4, 0.5) is 71.5 Å². The van der Waals surface area contributed by atoms with E-state index >= 15 is 0 Å². The van der Waals surface area contributed by atoms with Crippen molar-refractivity contribution in [2.45, 2.75) is 43.0 Å². The molecule has 0 aliphatic rings. The lowest BCUT2D eigenvalue weighted by Crippen LogP contribution is -2.60. The molecule has 37 heavy (non-hydrogen) atoms. The van der Waals surface area contributed by atoms with Gasteiger partial charge in [-0.1, -0.05) is 0 Å². The van der Waals surface area contributed by atoms with Gasteiger partial charge < -0.3 is 9.64 Å². The number of benzene rings is 1. The van der Waals surface area contributed by atoms with Crippen LogP contribution in [0.25, 0.3) is 0 Å². The average molecular weight is 583 g/mol. The lowest BCUT2D eigenvalue weighted by molar-refractivity contribution is -0.593. The zero-order chi connectivity index (χ0) is 29.3. The topological polar surface area (TPSA) is 49.4 Å². The van der Waals surface area contributed by atoms with Crippen molar-refractivity contribution >= 4 is 5.69 Å². The highest BCUT2D eigenvalue weighted by atomic mass is 19.4. The number of ether oxygens (including phenoxy) is 5. The van der Waals surface area contributed by atoms with Gasteiger partial charge in [0.2, 0.25) is 0 Å². The van der Waals surface area contributed by atoms with Crippen LogP contribution in [0, 0.1) is 0 Å². The first-order valence-corrected chi connectivity index (χ1v) is 8.73. The Labute approximate surface area is 195 Å². The quantitative estimate of drug-likeness (QED) is 0.203. The van der Waals surface area contributed by atoms with Crippen molar-refractivity contribution in [1.29, 1.82) is 0 Å². The van der Waals surface area contributed by atoms with Crippen LogP contribution in [0.3, 0.4) is 0 Å².